The van der Waals surface area contributed by atoms with E-state index in [1.54, 1.807) is 22.9 Å². The average Bonchev–Trinajstić information content (AvgIpc) is 2.36. The van der Waals surface area contributed by atoms with Crippen molar-refractivity contribution in [1.82, 2.24) is 4.72 Å². The lowest BCUT2D eigenvalue weighted by Gasteiger charge is -2.11. The first-order valence-electron chi connectivity index (χ1n) is 5.27. The Morgan fingerprint density at radius 1 is 1.21 bits per heavy atom. The van der Waals surface area contributed by atoms with E-state index in [0.29, 0.717) is 0 Å². The minimum absolute atomic E-state index is 0.212. The highest BCUT2D eigenvalue weighted by atomic mass is 32.2. The van der Waals surface area contributed by atoms with Gasteiger partial charge in [-0.05, 0) is 0 Å². The summed E-state index contributed by atoms with van der Waals surface area (Å²) in [6.07, 6.45) is 0. The van der Waals surface area contributed by atoms with Gasteiger partial charge in [0.05, 0.1) is 6.61 Å². The molecule has 8 heteroatoms. The number of nitrogens with one attached hydrogen (secondary N) is 1. The predicted octanol–water partition coefficient (Wildman–Crippen LogP) is -0.766. The van der Waals surface area contributed by atoms with Gasteiger partial charge in [0.15, 0.2) is 5.78 Å². The lowest BCUT2D eigenvalue weighted by molar-refractivity contribution is -0.139. The molecule has 0 spiro atoms. The molecule has 0 aliphatic rings. The Balaban J connectivity index is 2.75. The molecule has 0 saturated heterocycles. The van der Waals surface area contributed by atoms with E-state index in [4.69, 9.17) is 10.2 Å². The van der Waals surface area contributed by atoms with Crippen molar-refractivity contribution in [2.24, 2.45) is 0 Å². The molecule has 3 N–H and O–H groups in total. The van der Waals surface area contributed by atoms with Crippen molar-refractivity contribution < 1.29 is 28.2 Å². The Hall–Kier alpha value is -1.77. The van der Waals surface area contributed by atoms with Crippen LogP contribution >= 0.6 is 0 Å². The number of carbonyl (C=O) groups excluding carboxylic acids is 1. The van der Waals surface area contributed by atoms with Crippen LogP contribution in [-0.2, 0) is 14.8 Å². The van der Waals surface area contributed by atoms with E-state index in [1.165, 1.54) is 12.1 Å². The zero-order valence-electron chi connectivity index (χ0n) is 9.81. The fourth-order valence-electron chi connectivity index (χ4n) is 1.30. The average molecular weight is 287 g/mol. The van der Waals surface area contributed by atoms with Crippen molar-refractivity contribution in [1.29, 1.82) is 0 Å². The van der Waals surface area contributed by atoms with Gasteiger partial charge in [-0.3, -0.25) is 9.59 Å². The Morgan fingerprint density at radius 2 is 1.79 bits per heavy atom. The monoisotopic (exact) mass is 287 g/mol. The zero-order chi connectivity index (χ0) is 14.5. The van der Waals surface area contributed by atoms with E-state index >= 15 is 0 Å². The van der Waals surface area contributed by atoms with Crippen molar-refractivity contribution in [3.05, 3.63) is 35.9 Å². The molecule has 7 nitrogen and oxygen atoms in total. The summed E-state index contributed by atoms with van der Waals surface area (Å²) >= 11 is 0. The highest BCUT2D eigenvalue weighted by Gasteiger charge is 2.25. The fourth-order valence-corrected chi connectivity index (χ4v) is 2.51. The van der Waals surface area contributed by atoms with Crippen molar-refractivity contribution in [2.45, 2.75) is 6.04 Å². The maximum Gasteiger partial charge on any atom is 0.324 e. The standard InChI is InChI=1S/C11H13NO6S/c13-6-9(11(15)16)12-19(17,18)7-10(14)8-4-2-1-3-5-8/h1-5,9,12-13H,6-7H2,(H,15,16)/t9-/m1/s1. The van der Waals surface area contributed by atoms with E-state index in [2.05, 4.69) is 0 Å². The molecule has 0 aliphatic carbocycles. The zero-order valence-corrected chi connectivity index (χ0v) is 10.6. The van der Waals surface area contributed by atoms with Crippen LogP contribution in [0.2, 0.25) is 0 Å². The number of aliphatic hydroxyl groups excluding tert-OH is 1. The van der Waals surface area contributed by atoms with Crippen molar-refractivity contribution >= 4 is 21.8 Å². The predicted molar refractivity (Wildman–Crippen MR) is 66.2 cm³/mol. The Kier molecular flexibility index (Phi) is 5.16. The molecule has 0 unspecified atom stereocenters. The van der Waals surface area contributed by atoms with Crippen LogP contribution < -0.4 is 4.72 Å². The topological polar surface area (TPSA) is 121 Å². The molecule has 0 amide bonds. The maximum absolute atomic E-state index is 11.7. The fraction of sp³-hybridized carbons (Fsp3) is 0.273. The summed E-state index contributed by atoms with van der Waals surface area (Å²) in [5.41, 5.74) is 0.212. The Morgan fingerprint density at radius 3 is 2.26 bits per heavy atom. The lowest BCUT2D eigenvalue weighted by atomic mass is 10.2. The largest absolute Gasteiger partial charge is 0.480 e. The second-order valence-electron chi connectivity index (χ2n) is 3.74. The summed E-state index contributed by atoms with van der Waals surface area (Å²) in [5, 5.41) is 17.3. The van der Waals surface area contributed by atoms with Gasteiger partial charge in [0.1, 0.15) is 11.8 Å². The van der Waals surface area contributed by atoms with Crippen LogP contribution in [0.25, 0.3) is 0 Å². The van der Waals surface area contributed by atoms with Crippen LogP contribution in [0.5, 0.6) is 0 Å². The van der Waals surface area contributed by atoms with Gasteiger partial charge < -0.3 is 10.2 Å². The van der Waals surface area contributed by atoms with E-state index in [1.807, 2.05) is 0 Å². The van der Waals surface area contributed by atoms with E-state index in [9.17, 15) is 18.0 Å². The normalized spacial score (nSPS) is 12.9. The number of hydrogen-bond acceptors (Lipinski definition) is 5. The van der Waals surface area contributed by atoms with Gasteiger partial charge in [0.2, 0.25) is 10.0 Å². The molecule has 19 heavy (non-hydrogen) atoms. The van der Waals surface area contributed by atoms with Gasteiger partial charge in [0, 0.05) is 5.56 Å². The first-order valence-corrected chi connectivity index (χ1v) is 6.93. The molecule has 0 bridgehead atoms. The number of carbonyl (C=O) groups is 2. The third kappa shape index (κ3) is 4.78. The lowest BCUT2D eigenvalue weighted by Crippen LogP contribution is -2.45. The number of rotatable bonds is 7. The first-order chi connectivity index (χ1) is 8.85. The number of carboxylic acids is 1. The highest BCUT2D eigenvalue weighted by molar-refractivity contribution is 7.90. The summed E-state index contributed by atoms with van der Waals surface area (Å²) in [4.78, 5) is 22.3. The molecule has 0 radical (unpaired) electrons. The first kappa shape index (κ1) is 15.3. The molecule has 1 rings (SSSR count). The molecular weight excluding hydrogens is 274 g/mol. The van der Waals surface area contributed by atoms with Gasteiger partial charge in [-0.25, -0.2) is 8.42 Å². The minimum Gasteiger partial charge on any atom is -0.480 e. The summed E-state index contributed by atoms with van der Waals surface area (Å²) < 4.78 is 24.9. The molecule has 104 valence electrons. The Labute approximate surface area is 109 Å². The Bertz CT molecular complexity index is 554. The molecule has 0 fully saturated rings. The molecule has 0 aliphatic heterocycles. The van der Waals surface area contributed by atoms with Gasteiger partial charge in [0.25, 0.3) is 0 Å². The molecule has 1 atom stereocenters. The number of hydrogen-bond donors (Lipinski definition) is 3. The molecule has 0 aromatic heterocycles. The summed E-state index contributed by atoms with van der Waals surface area (Å²) in [6.45, 7) is -0.895. The minimum atomic E-state index is -4.13. The van der Waals surface area contributed by atoms with Gasteiger partial charge in [-0.1, -0.05) is 30.3 Å². The van der Waals surface area contributed by atoms with Crippen LogP contribution in [0.15, 0.2) is 30.3 Å². The van der Waals surface area contributed by atoms with Crippen LogP contribution in [0.4, 0.5) is 0 Å². The van der Waals surface area contributed by atoms with E-state index in [0.717, 1.165) is 0 Å². The number of sulfonamides is 1. The maximum atomic E-state index is 11.7. The summed E-state index contributed by atoms with van der Waals surface area (Å²) in [6, 6.07) is 6.10. The quantitative estimate of drug-likeness (QED) is 0.566. The second-order valence-corrected chi connectivity index (χ2v) is 5.49. The van der Waals surface area contributed by atoms with Gasteiger partial charge in [-0.2, -0.15) is 4.72 Å². The molecule has 0 saturated carbocycles. The van der Waals surface area contributed by atoms with Crippen LogP contribution in [0.1, 0.15) is 10.4 Å². The SMILES string of the molecule is O=C(CS(=O)(=O)N[C@H](CO)C(=O)O)c1ccccc1. The number of carboxylic acid groups (broad SMARTS) is 1. The molecule has 1 aromatic carbocycles. The smallest absolute Gasteiger partial charge is 0.324 e. The number of benzene rings is 1. The van der Waals surface area contributed by atoms with Gasteiger partial charge >= 0.3 is 5.97 Å². The van der Waals surface area contributed by atoms with Crippen LogP contribution in [0.3, 0.4) is 0 Å². The summed E-state index contributed by atoms with van der Waals surface area (Å²) in [7, 11) is -4.13. The van der Waals surface area contributed by atoms with Crippen LogP contribution in [0, 0.1) is 0 Å². The second kappa shape index (κ2) is 6.41. The van der Waals surface area contributed by atoms with Gasteiger partial charge in [-0.15, -0.1) is 0 Å². The number of aliphatic hydroxyl groups is 1. The molecule has 0 heterocycles. The van der Waals surface area contributed by atoms with Crippen molar-refractivity contribution in [2.75, 3.05) is 12.4 Å². The highest BCUT2D eigenvalue weighted by Crippen LogP contribution is 2.02. The van der Waals surface area contributed by atoms with Crippen molar-refractivity contribution in [3.8, 4) is 0 Å². The van der Waals surface area contributed by atoms with E-state index in [-0.39, 0.29) is 5.56 Å². The third-order valence-corrected chi connectivity index (χ3v) is 3.51. The molecule has 1 aromatic rings. The number of ketones is 1. The third-order valence-electron chi connectivity index (χ3n) is 2.22. The number of aliphatic carboxylic acids is 1. The van der Waals surface area contributed by atoms with Crippen LogP contribution in [-0.4, -0.2) is 48.8 Å². The van der Waals surface area contributed by atoms with E-state index < -0.39 is 40.2 Å². The van der Waals surface area contributed by atoms with Crippen molar-refractivity contribution in [3.63, 3.8) is 0 Å². The number of Topliss-reactive ketones (excluding diaryl/α,β-unsaturated/α-hetero) is 1. The molecular formula is C11H13NO6S. The summed E-state index contributed by atoms with van der Waals surface area (Å²) in [5.74, 6) is -3.05.